The maximum atomic E-state index is 11.6. The fraction of sp³-hybridized carbons (Fsp3) is 0.727. The molecule has 0 heterocycles. The molecule has 1 nitrogen and oxygen atoms in total. The fourth-order valence-corrected chi connectivity index (χ4v) is 1.76. The lowest BCUT2D eigenvalue weighted by atomic mass is 9.96. The zero-order valence-electron chi connectivity index (χ0n) is 7.94. The van der Waals surface area contributed by atoms with Gasteiger partial charge in [0.05, 0.1) is 0 Å². The second-order valence-corrected chi connectivity index (χ2v) is 3.73. The van der Waals surface area contributed by atoms with Crippen LogP contribution in [0, 0.1) is 5.92 Å². The topological polar surface area (TPSA) is 17.1 Å². The van der Waals surface area contributed by atoms with Crippen molar-refractivity contribution < 1.29 is 4.79 Å². The molecule has 0 aliphatic heterocycles. The second-order valence-electron chi connectivity index (χ2n) is 3.73. The summed E-state index contributed by atoms with van der Waals surface area (Å²) in [5.41, 5.74) is 1.09. The largest absolute Gasteiger partial charge is 0.299 e. The van der Waals surface area contributed by atoms with E-state index in [-0.39, 0.29) is 0 Å². The van der Waals surface area contributed by atoms with E-state index in [1.165, 1.54) is 12.8 Å². The molecule has 1 saturated carbocycles. The summed E-state index contributed by atoms with van der Waals surface area (Å²) < 4.78 is 0. The van der Waals surface area contributed by atoms with E-state index in [0.29, 0.717) is 18.1 Å². The van der Waals surface area contributed by atoms with Gasteiger partial charge in [0.25, 0.3) is 0 Å². The summed E-state index contributed by atoms with van der Waals surface area (Å²) in [6, 6.07) is 0. The van der Waals surface area contributed by atoms with Gasteiger partial charge in [-0.15, -0.1) is 0 Å². The molecule has 1 heteroatoms. The SMILES string of the molecule is C=C(CC)CC(=O)C1CCCC1. The molecule has 0 aromatic rings. The van der Waals surface area contributed by atoms with Crippen molar-refractivity contribution in [2.24, 2.45) is 5.92 Å². The lowest BCUT2D eigenvalue weighted by Gasteiger charge is -2.07. The monoisotopic (exact) mass is 166 g/mol. The van der Waals surface area contributed by atoms with Crippen LogP contribution in [0.1, 0.15) is 45.4 Å². The van der Waals surface area contributed by atoms with Gasteiger partial charge >= 0.3 is 0 Å². The molecule has 1 fully saturated rings. The highest BCUT2D eigenvalue weighted by Crippen LogP contribution is 2.27. The molecule has 0 unspecified atom stereocenters. The zero-order chi connectivity index (χ0) is 8.97. The van der Waals surface area contributed by atoms with Crippen molar-refractivity contribution in [3.63, 3.8) is 0 Å². The number of allylic oxidation sites excluding steroid dienone is 1. The molecule has 0 aromatic heterocycles. The van der Waals surface area contributed by atoms with Crippen LogP contribution in [-0.4, -0.2) is 5.78 Å². The van der Waals surface area contributed by atoms with Gasteiger partial charge in [-0.2, -0.15) is 0 Å². The van der Waals surface area contributed by atoms with Gasteiger partial charge in [0.15, 0.2) is 0 Å². The average Bonchev–Trinajstić information content (AvgIpc) is 2.56. The number of carbonyl (C=O) groups is 1. The Balaban J connectivity index is 2.32. The minimum Gasteiger partial charge on any atom is -0.299 e. The van der Waals surface area contributed by atoms with Crippen molar-refractivity contribution in [2.75, 3.05) is 0 Å². The molecule has 0 spiro atoms. The quantitative estimate of drug-likeness (QED) is 0.586. The van der Waals surface area contributed by atoms with Gasteiger partial charge in [-0.05, 0) is 19.3 Å². The standard InChI is InChI=1S/C11H18O/c1-3-9(2)8-11(12)10-6-4-5-7-10/h10H,2-8H2,1H3. The van der Waals surface area contributed by atoms with Crippen molar-refractivity contribution in [3.05, 3.63) is 12.2 Å². The Morgan fingerprint density at radius 1 is 1.42 bits per heavy atom. The van der Waals surface area contributed by atoms with Crippen molar-refractivity contribution in [1.29, 1.82) is 0 Å². The van der Waals surface area contributed by atoms with Crippen LogP contribution in [0.5, 0.6) is 0 Å². The molecule has 12 heavy (non-hydrogen) atoms. The lowest BCUT2D eigenvalue weighted by molar-refractivity contribution is -0.122. The molecule has 0 N–H and O–H groups in total. The van der Waals surface area contributed by atoms with Crippen LogP contribution >= 0.6 is 0 Å². The van der Waals surface area contributed by atoms with Gasteiger partial charge < -0.3 is 0 Å². The van der Waals surface area contributed by atoms with Crippen molar-refractivity contribution in [3.8, 4) is 0 Å². The molecule has 0 aromatic carbocycles. The molecular weight excluding hydrogens is 148 g/mol. The van der Waals surface area contributed by atoms with Crippen LogP contribution in [0.15, 0.2) is 12.2 Å². The number of rotatable bonds is 4. The molecule has 0 atom stereocenters. The van der Waals surface area contributed by atoms with Gasteiger partial charge in [-0.1, -0.05) is 31.9 Å². The Bertz CT molecular complexity index is 175. The molecule has 1 aliphatic carbocycles. The van der Waals surface area contributed by atoms with Crippen molar-refractivity contribution in [2.45, 2.75) is 45.4 Å². The summed E-state index contributed by atoms with van der Waals surface area (Å²) in [5, 5.41) is 0. The molecule has 68 valence electrons. The van der Waals surface area contributed by atoms with E-state index in [4.69, 9.17) is 0 Å². The predicted octanol–water partition coefficient (Wildman–Crippen LogP) is 3.10. The third-order valence-corrected chi connectivity index (χ3v) is 2.73. The summed E-state index contributed by atoms with van der Waals surface area (Å²) in [6.45, 7) is 5.92. The maximum absolute atomic E-state index is 11.6. The first kappa shape index (κ1) is 9.50. The minimum atomic E-state index is 0.369. The highest BCUT2D eigenvalue weighted by molar-refractivity contribution is 5.83. The molecule has 1 aliphatic rings. The predicted molar refractivity (Wildman–Crippen MR) is 51.0 cm³/mol. The number of hydrogen-bond donors (Lipinski definition) is 0. The summed E-state index contributed by atoms with van der Waals surface area (Å²) in [4.78, 5) is 11.6. The highest BCUT2D eigenvalue weighted by Gasteiger charge is 2.22. The second kappa shape index (κ2) is 4.44. The van der Waals surface area contributed by atoms with E-state index in [1.807, 2.05) is 0 Å². The molecule has 1 rings (SSSR count). The fourth-order valence-electron chi connectivity index (χ4n) is 1.76. The average molecular weight is 166 g/mol. The Kier molecular flexibility index (Phi) is 3.51. The van der Waals surface area contributed by atoms with E-state index in [2.05, 4.69) is 13.5 Å². The smallest absolute Gasteiger partial charge is 0.139 e. The molecular formula is C11H18O. The van der Waals surface area contributed by atoms with Crippen molar-refractivity contribution in [1.82, 2.24) is 0 Å². The Hall–Kier alpha value is -0.590. The summed E-state index contributed by atoms with van der Waals surface area (Å²) in [5.74, 6) is 0.799. The summed E-state index contributed by atoms with van der Waals surface area (Å²) in [6.07, 6.45) is 6.30. The van der Waals surface area contributed by atoms with E-state index in [9.17, 15) is 4.79 Å². The molecule has 0 bridgehead atoms. The molecule has 0 amide bonds. The molecule has 0 saturated heterocycles. The van der Waals surface area contributed by atoms with Gasteiger partial charge in [0.2, 0.25) is 0 Å². The van der Waals surface area contributed by atoms with Crippen LogP contribution < -0.4 is 0 Å². The minimum absolute atomic E-state index is 0.369. The van der Waals surface area contributed by atoms with Crippen LogP contribution in [0.25, 0.3) is 0 Å². The van der Waals surface area contributed by atoms with E-state index in [1.54, 1.807) is 0 Å². The number of hydrogen-bond acceptors (Lipinski definition) is 1. The third kappa shape index (κ3) is 2.47. The van der Waals surface area contributed by atoms with Crippen LogP contribution in [0.2, 0.25) is 0 Å². The zero-order valence-corrected chi connectivity index (χ0v) is 7.94. The van der Waals surface area contributed by atoms with Crippen LogP contribution in [0.4, 0.5) is 0 Å². The first-order valence-corrected chi connectivity index (χ1v) is 4.93. The summed E-state index contributed by atoms with van der Waals surface area (Å²) in [7, 11) is 0. The summed E-state index contributed by atoms with van der Waals surface area (Å²) >= 11 is 0. The Labute approximate surface area is 74.9 Å². The Morgan fingerprint density at radius 3 is 2.50 bits per heavy atom. The van der Waals surface area contributed by atoms with Gasteiger partial charge in [0.1, 0.15) is 5.78 Å². The highest BCUT2D eigenvalue weighted by atomic mass is 16.1. The van der Waals surface area contributed by atoms with E-state index < -0.39 is 0 Å². The normalized spacial score (nSPS) is 18.1. The third-order valence-electron chi connectivity index (χ3n) is 2.73. The maximum Gasteiger partial charge on any atom is 0.139 e. The van der Waals surface area contributed by atoms with Gasteiger partial charge in [-0.3, -0.25) is 4.79 Å². The van der Waals surface area contributed by atoms with Crippen LogP contribution in [0.3, 0.4) is 0 Å². The number of carbonyl (C=O) groups excluding carboxylic acids is 1. The van der Waals surface area contributed by atoms with Gasteiger partial charge in [-0.25, -0.2) is 0 Å². The molecule has 0 radical (unpaired) electrons. The Morgan fingerprint density at radius 2 is 2.00 bits per heavy atom. The van der Waals surface area contributed by atoms with Crippen LogP contribution in [-0.2, 0) is 4.79 Å². The van der Waals surface area contributed by atoms with E-state index in [0.717, 1.165) is 24.8 Å². The van der Waals surface area contributed by atoms with Crippen molar-refractivity contribution >= 4 is 5.78 Å². The van der Waals surface area contributed by atoms with Gasteiger partial charge in [0, 0.05) is 12.3 Å². The number of Topliss-reactive ketones (excluding diaryl/α,β-unsaturated/α-hetero) is 1. The lowest BCUT2D eigenvalue weighted by Crippen LogP contribution is -2.10. The first-order valence-electron chi connectivity index (χ1n) is 4.93. The first-order chi connectivity index (χ1) is 5.74. The number of ketones is 1. The van der Waals surface area contributed by atoms with E-state index >= 15 is 0 Å².